The van der Waals surface area contributed by atoms with Crippen molar-refractivity contribution in [2.24, 2.45) is 0 Å². The highest BCUT2D eigenvalue weighted by molar-refractivity contribution is 5.95. The first-order chi connectivity index (χ1) is 6.02. The Morgan fingerprint density at radius 1 is 1.15 bits per heavy atom. The highest BCUT2D eigenvalue weighted by atomic mass is 16.5. The third-order valence-corrected chi connectivity index (χ3v) is 1.35. The molecular weight excluding hydrogens is 172 g/mol. The normalized spacial score (nSPS) is 10.5. The molecule has 0 saturated carbocycles. The lowest BCUT2D eigenvalue weighted by Crippen LogP contribution is -2.06. The standard InChI is InChI=1S/C9H12O4/c1-6(8(10)12-3)5-7(2)9(11)13-4/h5H,1H2,2-4H3/b7-5-. The van der Waals surface area contributed by atoms with Crippen molar-refractivity contribution < 1.29 is 19.1 Å². The van der Waals surface area contributed by atoms with E-state index in [0.29, 0.717) is 5.57 Å². The van der Waals surface area contributed by atoms with E-state index in [1.165, 1.54) is 27.2 Å². The number of hydrogen-bond donors (Lipinski definition) is 0. The van der Waals surface area contributed by atoms with Crippen molar-refractivity contribution in [1.29, 1.82) is 0 Å². The second kappa shape index (κ2) is 5.13. The maximum absolute atomic E-state index is 10.9. The van der Waals surface area contributed by atoms with E-state index in [-0.39, 0.29) is 5.57 Å². The van der Waals surface area contributed by atoms with Crippen LogP contribution in [0.4, 0.5) is 0 Å². The summed E-state index contributed by atoms with van der Waals surface area (Å²) in [5.41, 5.74) is 0.420. The van der Waals surface area contributed by atoms with Crippen LogP contribution in [-0.4, -0.2) is 26.2 Å². The second-order valence-electron chi connectivity index (χ2n) is 2.34. The van der Waals surface area contributed by atoms with E-state index in [1.807, 2.05) is 0 Å². The van der Waals surface area contributed by atoms with E-state index >= 15 is 0 Å². The lowest BCUT2D eigenvalue weighted by molar-refractivity contribution is -0.136. The van der Waals surface area contributed by atoms with Gasteiger partial charge in [0.25, 0.3) is 0 Å². The molecule has 0 aliphatic carbocycles. The molecule has 0 aromatic rings. The van der Waals surface area contributed by atoms with Crippen LogP contribution in [0.3, 0.4) is 0 Å². The van der Waals surface area contributed by atoms with Crippen molar-refractivity contribution in [3.8, 4) is 0 Å². The summed E-state index contributed by atoms with van der Waals surface area (Å²) in [6.07, 6.45) is 1.32. The lowest BCUT2D eigenvalue weighted by atomic mass is 10.2. The summed E-state index contributed by atoms with van der Waals surface area (Å²) < 4.78 is 8.82. The van der Waals surface area contributed by atoms with Gasteiger partial charge in [-0.3, -0.25) is 0 Å². The van der Waals surface area contributed by atoms with Gasteiger partial charge in [-0.05, 0) is 13.0 Å². The molecule has 4 nitrogen and oxygen atoms in total. The summed E-state index contributed by atoms with van der Waals surface area (Å²) >= 11 is 0. The van der Waals surface area contributed by atoms with Crippen molar-refractivity contribution in [2.75, 3.05) is 14.2 Å². The third kappa shape index (κ3) is 3.55. The Labute approximate surface area is 76.8 Å². The van der Waals surface area contributed by atoms with Crippen LogP contribution in [0.2, 0.25) is 0 Å². The second-order valence-corrected chi connectivity index (χ2v) is 2.34. The number of esters is 2. The van der Waals surface area contributed by atoms with Gasteiger partial charge in [0.05, 0.1) is 19.8 Å². The van der Waals surface area contributed by atoms with E-state index in [9.17, 15) is 9.59 Å². The monoisotopic (exact) mass is 184 g/mol. The average Bonchev–Trinajstić information content (AvgIpc) is 2.14. The SMILES string of the molecule is C=C(/C=C(/C)C(=O)OC)C(=O)OC. The molecule has 0 heterocycles. The van der Waals surface area contributed by atoms with E-state index in [0.717, 1.165) is 0 Å². The summed E-state index contributed by atoms with van der Waals surface area (Å²) in [5.74, 6) is -1.06. The average molecular weight is 184 g/mol. The first-order valence-corrected chi connectivity index (χ1v) is 3.56. The molecule has 0 amide bonds. The van der Waals surface area contributed by atoms with Gasteiger partial charge in [-0.2, -0.15) is 0 Å². The van der Waals surface area contributed by atoms with Crippen molar-refractivity contribution in [2.45, 2.75) is 6.92 Å². The molecular formula is C9H12O4. The van der Waals surface area contributed by atoms with Crippen molar-refractivity contribution in [3.05, 3.63) is 23.8 Å². The quantitative estimate of drug-likeness (QED) is 0.370. The topological polar surface area (TPSA) is 52.6 Å². The van der Waals surface area contributed by atoms with Gasteiger partial charge in [-0.15, -0.1) is 0 Å². The van der Waals surface area contributed by atoms with Gasteiger partial charge in [0, 0.05) is 5.57 Å². The highest BCUT2D eigenvalue weighted by Crippen LogP contribution is 2.03. The van der Waals surface area contributed by atoms with Gasteiger partial charge in [0.15, 0.2) is 0 Å². The molecule has 4 heteroatoms. The Bertz CT molecular complexity index is 263. The van der Waals surface area contributed by atoms with Crippen LogP contribution < -0.4 is 0 Å². The molecule has 0 spiro atoms. The van der Waals surface area contributed by atoms with Crippen LogP contribution in [-0.2, 0) is 19.1 Å². The molecule has 0 aromatic carbocycles. The van der Waals surface area contributed by atoms with Crippen molar-refractivity contribution in [1.82, 2.24) is 0 Å². The number of methoxy groups -OCH3 is 2. The fourth-order valence-corrected chi connectivity index (χ4v) is 0.671. The van der Waals surface area contributed by atoms with E-state index in [4.69, 9.17) is 0 Å². The molecule has 0 saturated heterocycles. The Morgan fingerprint density at radius 2 is 1.62 bits per heavy atom. The first kappa shape index (κ1) is 11.4. The molecule has 0 radical (unpaired) electrons. The Hall–Kier alpha value is -1.58. The number of hydrogen-bond acceptors (Lipinski definition) is 4. The van der Waals surface area contributed by atoms with Crippen LogP contribution in [0.25, 0.3) is 0 Å². The summed E-state index contributed by atoms with van der Waals surface area (Å²) in [6, 6.07) is 0. The highest BCUT2D eigenvalue weighted by Gasteiger charge is 2.07. The van der Waals surface area contributed by atoms with E-state index in [1.54, 1.807) is 0 Å². The molecule has 13 heavy (non-hydrogen) atoms. The molecule has 0 aliphatic rings. The number of ether oxygens (including phenoxy) is 2. The maximum atomic E-state index is 10.9. The Kier molecular flexibility index (Phi) is 4.51. The zero-order valence-electron chi connectivity index (χ0n) is 7.92. The smallest absolute Gasteiger partial charge is 0.337 e. The molecule has 72 valence electrons. The fourth-order valence-electron chi connectivity index (χ4n) is 0.671. The summed E-state index contributed by atoms with van der Waals surface area (Å²) in [6.45, 7) is 4.95. The van der Waals surface area contributed by atoms with Gasteiger partial charge in [0.2, 0.25) is 0 Å². The minimum atomic E-state index is -0.566. The third-order valence-electron chi connectivity index (χ3n) is 1.35. The minimum Gasteiger partial charge on any atom is -0.466 e. The van der Waals surface area contributed by atoms with E-state index in [2.05, 4.69) is 16.1 Å². The first-order valence-electron chi connectivity index (χ1n) is 3.56. The molecule has 0 atom stereocenters. The van der Waals surface area contributed by atoms with Gasteiger partial charge in [0.1, 0.15) is 0 Å². The number of carbonyl (C=O) groups excluding carboxylic acids is 2. The van der Waals surface area contributed by atoms with Gasteiger partial charge < -0.3 is 9.47 Å². The van der Waals surface area contributed by atoms with E-state index < -0.39 is 11.9 Å². The summed E-state index contributed by atoms with van der Waals surface area (Å²) in [4.78, 5) is 21.7. The van der Waals surface area contributed by atoms with Crippen LogP contribution >= 0.6 is 0 Å². The molecule has 0 unspecified atom stereocenters. The summed E-state index contributed by atoms with van der Waals surface area (Å²) in [7, 11) is 2.51. The largest absolute Gasteiger partial charge is 0.466 e. The lowest BCUT2D eigenvalue weighted by Gasteiger charge is -2.00. The van der Waals surface area contributed by atoms with Gasteiger partial charge in [-0.1, -0.05) is 6.58 Å². The zero-order valence-corrected chi connectivity index (χ0v) is 7.92. The Morgan fingerprint density at radius 3 is 2.00 bits per heavy atom. The summed E-state index contributed by atoms with van der Waals surface area (Å²) in [5, 5.41) is 0. The van der Waals surface area contributed by atoms with Gasteiger partial charge >= 0.3 is 11.9 Å². The van der Waals surface area contributed by atoms with Crippen LogP contribution in [0, 0.1) is 0 Å². The minimum absolute atomic E-state index is 0.116. The van der Waals surface area contributed by atoms with Crippen molar-refractivity contribution >= 4 is 11.9 Å². The van der Waals surface area contributed by atoms with Crippen LogP contribution in [0.5, 0.6) is 0 Å². The molecule has 0 fully saturated rings. The maximum Gasteiger partial charge on any atom is 0.337 e. The predicted molar refractivity (Wildman–Crippen MR) is 46.9 cm³/mol. The Balaban J connectivity index is 4.48. The van der Waals surface area contributed by atoms with Crippen LogP contribution in [0.1, 0.15) is 6.92 Å². The molecule has 0 rings (SSSR count). The number of rotatable bonds is 3. The molecule has 0 aromatic heterocycles. The van der Waals surface area contributed by atoms with Crippen LogP contribution in [0.15, 0.2) is 23.8 Å². The van der Waals surface area contributed by atoms with Gasteiger partial charge in [-0.25, -0.2) is 9.59 Å². The van der Waals surface area contributed by atoms with Crippen molar-refractivity contribution in [3.63, 3.8) is 0 Å². The predicted octanol–water partition coefficient (Wildman–Crippen LogP) is 0.835. The number of carbonyl (C=O) groups is 2. The molecule has 0 N–H and O–H groups in total. The molecule has 0 aliphatic heterocycles. The zero-order chi connectivity index (χ0) is 10.4. The fraction of sp³-hybridized carbons (Fsp3) is 0.333. The molecule has 0 bridgehead atoms.